The monoisotopic (exact) mass is 351 g/mol. The predicted octanol–water partition coefficient (Wildman–Crippen LogP) is 3.46. The number of aryl methyl sites for hydroxylation is 1. The molecule has 1 aromatic heterocycles. The number of benzene rings is 2. The largest absolute Gasteiger partial charge is 0.477 e. The maximum Gasteiger partial charge on any atom is 0.354 e. The second-order valence-corrected chi connectivity index (χ2v) is 6.38. The fourth-order valence-corrected chi connectivity index (χ4v) is 3.52. The minimum Gasteiger partial charge on any atom is -0.477 e. The van der Waals surface area contributed by atoms with Crippen molar-refractivity contribution >= 4 is 33.9 Å². The van der Waals surface area contributed by atoms with Crippen molar-refractivity contribution in [3.63, 3.8) is 0 Å². The molecular formula is C20H21N3O3. The van der Waals surface area contributed by atoms with Gasteiger partial charge in [-0.25, -0.2) is 4.79 Å². The van der Waals surface area contributed by atoms with Crippen molar-refractivity contribution < 1.29 is 14.6 Å². The van der Waals surface area contributed by atoms with Crippen molar-refractivity contribution in [3.05, 3.63) is 54.2 Å². The highest BCUT2D eigenvalue weighted by atomic mass is 16.5. The standard InChI is InChI=1S/C20H21N3O3/c1-22-17-8-3-2-7-16(17)18(19(22)20(24)25)21-14-5-4-6-15(13-14)23-9-11-26-12-10-23/h2-8,13,21H,9-12H2,1H3,(H,24,25). The number of carboxylic acid groups (broad SMARTS) is 1. The van der Waals surface area contributed by atoms with E-state index in [-0.39, 0.29) is 5.69 Å². The second-order valence-electron chi connectivity index (χ2n) is 6.38. The van der Waals surface area contributed by atoms with Crippen molar-refractivity contribution in [1.82, 2.24) is 4.57 Å². The fraction of sp³-hybridized carbons (Fsp3) is 0.250. The van der Waals surface area contributed by atoms with Crippen molar-refractivity contribution in [2.24, 2.45) is 7.05 Å². The molecule has 2 heterocycles. The number of aromatic carboxylic acids is 1. The van der Waals surface area contributed by atoms with Gasteiger partial charge in [-0.1, -0.05) is 24.3 Å². The van der Waals surface area contributed by atoms with Crippen molar-refractivity contribution in [2.75, 3.05) is 36.5 Å². The van der Waals surface area contributed by atoms with E-state index >= 15 is 0 Å². The first-order valence-corrected chi connectivity index (χ1v) is 8.65. The van der Waals surface area contributed by atoms with Gasteiger partial charge < -0.3 is 24.6 Å². The van der Waals surface area contributed by atoms with Crippen LogP contribution in [0.4, 0.5) is 17.1 Å². The molecule has 0 atom stereocenters. The number of hydrogen-bond acceptors (Lipinski definition) is 4. The first-order valence-electron chi connectivity index (χ1n) is 8.65. The molecule has 4 rings (SSSR count). The maximum absolute atomic E-state index is 11.8. The quantitative estimate of drug-likeness (QED) is 0.754. The number of nitrogens with one attached hydrogen (secondary N) is 1. The summed E-state index contributed by atoms with van der Waals surface area (Å²) in [4.78, 5) is 14.1. The highest BCUT2D eigenvalue weighted by Gasteiger charge is 2.21. The van der Waals surface area contributed by atoms with Crippen molar-refractivity contribution in [3.8, 4) is 0 Å². The average Bonchev–Trinajstić information content (AvgIpc) is 2.95. The summed E-state index contributed by atoms with van der Waals surface area (Å²) in [6, 6.07) is 15.8. The lowest BCUT2D eigenvalue weighted by atomic mass is 10.2. The van der Waals surface area contributed by atoms with Gasteiger partial charge in [0, 0.05) is 36.9 Å². The molecule has 0 unspecified atom stereocenters. The first kappa shape index (κ1) is 16.5. The molecule has 134 valence electrons. The molecule has 6 nitrogen and oxygen atoms in total. The third-order valence-corrected chi connectivity index (χ3v) is 4.80. The summed E-state index contributed by atoms with van der Waals surface area (Å²) in [6.45, 7) is 3.17. The molecule has 0 aliphatic carbocycles. The molecule has 3 aromatic rings. The molecule has 1 aliphatic heterocycles. The second kappa shape index (κ2) is 6.72. The maximum atomic E-state index is 11.8. The van der Waals surface area contributed by atoms with E-state index in [1.165, 1.54) is 0 Å². The van der Waals surface area contributed by atoms with Crippen LogP contribution in [-0.4, -0.2) is 41.9 Å². The SMILES string of the molecule is Cn1c(C(=O)O)c(Nc2cccc(N3CCOCC3)c2)c2ccccc21. The third-order valence-electron chi connectivity index (χ3n) is 4.80. The lowest BCUT2D eigenvalue weighted by Crippen LogP contribution is -2.36. The van der Waals surface area contributed by atoms with Crippen LogP contribution in [0.25, 0.3) is 10.9 Å². The molecule has 26 heavy (non-hydrogen) atoms. The summed E-state index contributed by atoms with van der Waals surface area (Å²) in [5.41, 5.74) is 3.73. The number of ether oxygens (including phenoxy) is 1. The molecule has 0 saturated carbocycles. The van der Waals surface area contributed by atoms with Crippen LogP contribution in [0.2, 0.25) is 0 Å². The molecule has 0 amide bonds. The van der Waals surface area contributed by atoms with Gasteiger partial charge >= 0.3 is 5.97 Å². The van der Waals surface area contributed by atoms with Crippen LogP contribution in [0.15, 0.2) is 48.5 Å². The van der Waals surface area contributed by atoms with Gasteiger partial charge in [-0.3, -0.25) is 0 Å². The summed E-state index contributed by atoms with van der Waals surface area (Å²) < 4.78 is 7.13. The van der Waals surface area contributed by atoms with E-state index in [4.69, 9.17) is 4.74 Å². The summed E-state index contributed by atoms with van der Waals surface area (Å²) in [6.07, 6.45) is 0. The topological polar surface area (TPSA) is 66.7 Å². The lowest BCUT2D eigenvalue weighted by molar-refractivity contribution is 0.0688. The molecular weight excluding hydrogens is 330 g/mol. The number of morpholine rings is 1. The smallest absolute Gasteiger partial charge is 0.354 e. The van der Waals surface area contributed by atoms with Crippen LogP contribution >= 0.6 is 0 Å². The zero-order valence-electron chi connectivity index (χ0n) is 14.6. The van der Waals surface area contributed by atoms with Crippen LogP contribution in [0.5, 0.6) is 0 Å². The molecule has 0 radical (unpaired) electrons. The van der Waals surface area contributed by atoms with Gasteiger partial charge in [0.25, 0.3) is 0 Å². The Bertz CT molecular complexity index is 958. The van der Waals surface area contributed by atoms with E-state index in [0.717, 1.165) is 48.6 Å². The molecule has 2 aromatic carbocycles. The third kappa shape index (κ3) is 2.88. The van der Waals surface area contributed by atoms with Crippen LogP contribution in [0, 0.1) is 0 Å². The number of carboxylic acids is 1. The van der Waals surface area contributed by atoms with Crippen molar-refractivity contribution in [2.45, 2.75) is 0 Å². The Balaban J connectivity index is 1.73. The summed E-state index contributed by atoms with van der Waals surface area (Å²) in [7, 11) is 1.78. The van der Waals surface area contributed by atoms with E-state index < -0.39 is 5.97 Å². The molecule has 0 bridgehead atoms. The number of carbonyl (C=O) groups is 1. The fourth-order valence-electron chi connectivity index (χ4n) is 3.52. The zero-order chi connectivity index (χ0) is 18.1. The zero-order valence-corrected chi connectivity index (χ0v) is 14.6. The van der Waals surface area contributed by atoms with Gasteiger partial charge in [-0.2, -0.15) is 0 Å². The first-order chi connectivity index (χ1) is 12.6. The molecule has 2 N–H and O–H groups in total. The van der Waals surface area contributed by atoms with Crippen molar-refractivity contribution in [1.29, 1.82) is 0 Å². The van der Waals surface area contributed by atoms with Crippen LogP contribution in [0.3, 0.4) is 0 Å². The molecule has 1 aliphatic rings. The Kier molecular flexibility index (Phi) is 4.26. The minimum absolute atomic E-state index is 0.253. The van der Waals surface area contributed by atoms with E-state index in [0.29, 0.717) is 5.69 Å². The number of aromatic nitrogens is 1. The number of nitrogens with zero attached hydrogens (tertiary/aromatic N) is 2. The summed E-state index contributed by atoms with van der Waals surface area (Å²) in [5, 5.41) is 13.9. The Morgan fingerprint density at radius 1 is 1.12 bits per heavy atom. The highest BCUT2D eigenvalue weighted by Crippen LogP contribution is 2.33. The highest BCUT2D eigenvalue weighted by molar-refractivity contribution is 6.07. The summed E-state index contributed by atoms with van der Waals surface area (Å²) >= 11 is 0. The Morgan fingerprint density at radius 2 is 1.88 bits per heavy atom. The van der Waals surface area contributed by atoms with Gasteiger partial charge in [0.1, 0.15) is 0 Å². The normalized spacial score (nSPS) is 14.6. The number of rotatable bonds is 4. The van der Waals surface area contributed by atoms with Gasteiger partial charge in [-0.05, 0) is 24.3 Å². The van der Waals surface area contributed by atoms with E-state index in [1.54, 1.807) is 11.6 Å². The van der Waals surface area contributed by atoms with E-state index in [9.17, 15) is 9.90 Å². The minimum atomic E-state index is -0.949. The average molecular weight is 351 g/mol. The molecule has 6 heteroatoms. The lowest BCUT2D eigenvalue weighted by Gasteiger charge is -2.29. The van der Waals surface area contributed by atoms with Gasteiger partial charge in [0.15, 0.2) is 5.69 Å². The Morgan fingerprint density at radius 3 is 2.65 bits per heavy atom. The van der Waals surface area contributed by atoms with Crippen LogP contribution < -0.4 is 10.2 Å². The van der Waals surface area contributed by atoms with Crippen LogP contribution in [-0.2, 0) is 11.8 Å². The van der Waals surface area contributed by atoms with Crippen LogP contribution in [0.1, 0.15) is 10.5 Å². The predicted molar refractivity (Wildman–Crippen MR) is 103 cm³/mol. The number of hydrogen-bond donors (Lipinski definition) is 2. The number of anilines is 3. The van der Waals surface area contributed by atoms with Gasteiger partial charge in [-0.15, -0.1) is 0 Å². The molecule has 0 spiro atoms. The van der Waals surface area contributed by atoms with Gasteiger partial charge in [0.2, 0.25) is 0 Å². The van der Waals surface area contributed by atoms with E-state index in [2.05, 4.69) is 22.3 Å². The van der Waals surface area contributed by atoms with Gasteiger partial charge in [0.05, 0.1) is 24.4 Å². The molecule has 1 fully saturated rings. The Labute approximate surface area is 151 Å². The van der Waals surface area contributed by atoms with E-state index in [1.807, 2.05) is 36.4 Å². The number of fused-ring (bicyclic) bond motifs is 1. The summed E-state index contributed by atoms with van der Waals surface area (Å²) in [5.74, 6) is -0.949. The Hall–Kier alpha value is -2.99. The molecule has 1 saturated heterocycles. The number of para-hydroxylation sites is 1.